The summed E-state index contributed by atoms with van der Waals surface area (Å²) in [4.78, 5) is 4.31. The van der Waals surface area contributed by atoms with E-state index in [1.165, 1.54) is 24.0 Å². The highest BCUT2D eigenvalue weighted by Gasteiger charge is 2.24. The summed E-state index contributed by atoms with van der Waals surface area (Å²) in [5.41, 5.74) is 2.94. The summed E-state index contributed by atoms with van der Waals surface area (Å²) in [6.07, 6.45) is 4.29. The second-order valence-electron chi connectivity index (χ2n) is 4.64. The van der Waals surface area contributed by atoms with Crippen molar-refractivity contribution in [3.05, 3.63) is 47.0 Å². The van der Waals surface area contributed by atoms with Crippen molar-refractivity contribution in [2.45, 2.75) is 31.7 Å². The third kappa shape index (κ3) is 2.07. The van der Waals surface area contributed by atoms with Gasteiger partial charge in [0, 0.05) is 11.6 Å². The fourth-order valence-electron chi connectivity index (χ4n) is 2.60. The first-order valence-electron chi connectivity index (χ1n) is 6.09. The van der Waals surface area contributed by atoms with E-state index in [-0.39, 0.29) is 0 Å². The summed E-state index contributed by atoms with van der Waals surface area (Å²) < 4.78 is 0. The van der Waals surface area contributed by atoms with E-state index in [2.05, 4.69) is 41.5 Å². The Labute approximate surface area is 106 Å². The normalized spacial score (nSPS) is 23.1. The second kappa shape index (κ2) is 4.49. The molecule has 0 aliphatic heterocycles. The van der Waals surface area contributed by atoms with Crippen LogP contribution in [0.5, 0.6) is 0 Å². The van der Waals surface area contributed by atoms with Crippen LogP contribution in [-0.2, 0) is 0 Å². The molecule has 17 heavy (non-hydrogen) atoms. The van der Waals surface area contributed by atoms with Crippen LogP contribution in [0.3, 0.4) is 0 Å². The molecule has 0 fully saturated rings. The lowest BCUT2D eigenvalue weighted by molar-refractivity contribution is 0.534. The van der Waals surface area contributed by atoms with Gasteiger partial charge in [0.1, 0.15) is 0 Å². The van der Waals surface area contributed by atoms with E-state index in [9.17, 15) is 0 Å². The number of aromatic nitrogens is 1. The van der Waals surface area contributed by atoms with Crippen molar-refractivity contribution in [1.82, 2.24) is 4.98 Å². The monoisotopic (exact) mass is 244 g/mol. The second-order valence-corrected chi connectivity index (χ2v) is 5.54. The van der Waals surface area contributed by atoms with Crippen LogP contribution < -0.4 is 5.32 Å². The molecule has 3 rings (SSSR count). The highest BCUT2D eigenvalue weighted by Crippen LogP contribution is 2.38. The number of nitrogens with zero attached hydrogens (tertiary/aromatic N) is 1. The first-order valence-corrected chi connectivity index (χ1v) is 6.97. The Balaban J connectivity index is 1.90. The Kier molecular flexibility index (Phi) is 2.85. The van der Waals surface area contributed by atoms with Gasteiger partial charge in [0.2, 0.25) is 0 Å². The molecule has 0 spiro atoms. The van der Waals surface area contributed by atoms with Crippen LogP contribution in [0.4, 0.5) is 5.13 Å². The Morgan fingerprint density at radius 3 is 2.82 bits per heavy atom. The van der Waals surface area contributed by atoms with E-state index in [1.807, 2.05) is 11.6 Å². The molecule has 1 aliphatic rings. The summed E-state index contributed by atoms with van der Waals surface area (Å²) in [6, 6.07) is 9.20. The molecule has 88 valence electrons. The zero-order valence-corrected chi connectivity index (χ0v) is 10.7. The van der Waals surface area contributed by atoms with E-state index in [0.717, 1.165) is 5.13 Å². The van der Waals surface area contributed by atoms with Crippen molar-refractivity contribution in [2.75, 3.05) is 5.32 Å². The highest BCUT2D eigenvalue weighted by molar-refractivity contribution is 7.13. The summed E-state index contributed by atoms with van der Waals surface area (Å²) >= 11 is 1.67. The minimum Gasteiger partial charge on any atom is -0.355 e. The van der Waals surface area contributed by atoms with E-state index < -0.39 is 0 Å². The molecule has 0 bridgehead atoms. The van der Waals surface area contributed by atoms with Crippen LogP contribution >= 0.6 is 11.3 Å². The van der Waals surface area contributed by atoms with Crippen molar-refractivity contribution in [3.8, 4) is 0 Å². The molecule has 1 heterocycles. The van der Waals surface area contributed by atoms with Crippen LogP contribution in [0.1, 0.15) is 42.9 Å². The third-order valence-corrected chi connectivity index (χ3v) is 4.23. The largest absolute Gasteiger partial charge is 0.355 e. The quantitative estimate of drug-likeness (QED) is 0.856. The molecule has 0 amide bonds. The number of rotatable bonds is 2. The van der Waals surface area contributed by atoms with Gasteiger partial charge in [-0.2, -0.15) is 0 Å². The van der Waals surface area contributed by atoms with Crippen LogP contribution in [0.15, 0.2) is 35.8 Å². The number of thiazole rings is 1. The van der Waals surface area contributed by atoms with Crippen LogP contribution in [0.2, 0.25) is 0 Å². The maximum absolute atomic E-state index is 4.31. The molecular weight excluding hydrogens is 228 g/mol. The molecule has 2 nitrogen and oxygen atoms in total. The standard InChI is InChI=1S/C14H16N2S/c1-10-6-7-13(16-14-15-8-9-17-14)12-5-3-2-4-11(10)12/h2-5,8-10,13H,6-7H2,1H3,(H,15,16). The maximum Gasteiger partial charge on any atom is 0.183 e. The van der Waals surface area contributed by atoms with Crippen molar-refractivity contribution in [1.29, 1.82) is 0 Å². The Bertz CT molecular complexity index is 493. The van der Waals surface area contributed by atoms with Crippen LogP contribution in [-0.4, -0.2) is 4.98 Å². The highest BCUT2D eigenvalue weighted by atomic mass is 32.1. The van der Waals surface area contributed by atoms with Gasteiger partial charge in [-0.05, 0) is 29.9 Å². The summed E-state index contributed by atoms with van der Waals surface area (Å²) in [5, 5.41) is 6.59. The van der Waals surface area contributed by atoms with Crippen LogP contribution in [0.25, 0.3) is 0 Å². The lowest BCUT2D eigenvalue weighted by Gasteiger charge is -2.30. The smallest absolute Gasteiger partial charge is 0.183 e. The van der Waals surface area contributed by atoms with Gasteiger partial charge >= 0.3 is 0 Å². The minimum atomic E-state index is 0.425. The molecule has 0 saturated heterocycles. The Morgan fingerprint density at radius 1 is 1.24 bits per heavy atom. The predicted octanol–water partition coefficient (Wildman–Crippen LogP) is 4.19. The SMILES string of the molecule is CC1CCC(Nc2nccs2)c2ccccc21. The number of hydrogen-bond donors (Lipinski definition) is 1. The lowest BCUT2D eigenvalue weighted by atomic mass is 9.81. The summed E-state index contributed by atoms with van der Waals surface area (Å²) in [7, 11) is 0. The van der Waals surface area contributed by atoms with E-state index in [4.69, 9.17) is 0 Å². The minimum absolute atomic E-state index is 0.425. The average Bonchev–Trinajstić information content (AvgIpc) is 2.86. The molecule has 1 N–H and O–H groups in total. The van der Waals surface area contributed by atoms with E-state index >= 15 is 0 Å². The zero-order valence-electron chi connectivity index (χ0n) is 9.89. The van der Waals surface area contributed by atoms with Gasteiger partial charge in [-0.25, -0.2) is 4.98 Å². The molecule has 0 saturated carbocycles. The number of anilines is 1. The molecule has 1 aromatic carbocycles. The average molecular weight is 244 g/mol. The van der Waals surface area contributed by atoms with Gasteiger partial charge in [0.15, 0.2) is 5.13 Å². The van der Waals surface area contributed by atoms with Gasteiger partial charge < -0.3 is 5.32 Å². The first-order chi connectivity index (χ1) is 8.34. The van der Waals surface area contributed by atoms with Crippen molar-refractivity contribution in [2.24, 2.45) is 0 Å². The van der Waals surface area contributed by atoms with Gasteiger partial charge in [0.25, 0.3) is 0 Å². The first kappa shape index (κ1) is 10.8. The maximum atomic E-state index is 4.31. The van der Waals surface area contributed by atoms with E-state index in [1.54, 1.807) is 11.3 Å². The van der Waals surface area contributed by atoms with Crippen molar-refractivity contribution >= 4 is 16.5 Å². The summed E-state index contributed by atoms with van der Waals surface area (Å²) in [5.74, 6) is 0.681. The van der Waals surface area contributed by atoms with Gasteiger partial charge in [-0.15, -0.1) is 11.3 Å². The van der Waals surface area contributed by atoms with Crippen molar-refractivity contribution < 1.29 is 0 Å². The number of benzene rings is 1. The number of hydrogen-bond acceptors (Lipinski definition) is 3. The van der Waals surface area contributed by atoms with Crippen LogP contribution in [0, 0.1) is 0 Å². The van der Waals surface area contributed by atoms with Crippen molar-refractivity contribution in [3.63, 3.8) is 0 Å². The Hall–Kier alpha value is -1.35. The Morgan fingerprint density at radius 2 is 2.06 bits per heavy atom. The number of nitrogens with one attached hydrogen (secondary N) is 1. The fourth-order valence-corrected chi connectivity index (χ4v) is 3.18. The molecule has 3 heteroatoms. The molecule has 1 aromatic heterocycles. The van der Waals surface area contributed by atoms with Gasteiger partial charge in [-0.1, -0.05) is 31.2 Å². The van der Waals surface area contributed by atoms with Gasteiger partial charge in [-0.3, -0.25) is 0 Å². The lowest BCUT2D eigenvalue weighted by Crippen LogP contribution is -2.19. The molecule has 2 aromatic rings. The molecular formula is C14H16N2S. The molecule has 2 atom stereocenters. The molecule has 0 radical (unpaired) electrons. The van der Waals surface area contributed by atoms with E-state index in [0.29, 0.717) is 12.0 Å². The topological polar surface area (TPSA) is 24.9 Å². The molecule has 2 unspecified atom stereocenters. The fraction of sp³-hybridized carbons (Fsp3) is 0.357. The summed E-state index contributed by atoms with van der Waals surface area (Å²) in [6.45, 7) is 2.32. The third-order valence-electron chi connectivity index (χ3n) is 3.52. The number of fused-ring (bicyclic) bond motifs is 1. The van der Waals surface area contributed by atoms with Gasteiger partial charge in [0.05, 0.1) is 6.04 Å². The zero-order chi connectivity index (χ0) is 11.7. The predicted molar refractivity (Wildman–Crippen MR) is 72.6 cm³/mol. The molecule has 1 aliphatic carbocycles.